The van der Waals surface area contributed by atoms with Crippen molar-refractivity contribution in [3.05, 3.63) is 0 Å². The Labute approximate surface area is 184 Å². The second-order valence-electron chi connectivity index (χ2n) is 13.0. The molecule has 0 aliphatic carbocycles. The summed E-state index contributed by atoms with van der Waals surface area (Å²) in [6.07, 6.45) is 0. The minimum atomic E-state index is -2.02. The zero-order chi connectivity index (χ0) is 22.3. The molecular formula is C26H58GeSi. The van der Waals surface area contributed by atoms with Crippen molar-refractivity contribution in [2.24, 2.45) is 35.5 Å². The molecule has 0 rings (SSSR count). The summed E-state index contributed by atoms with van der Waals surface area (Å²) in [5, 5.41) is 4.84. The van der Waals surface area contributed by atoms with Crippen LogP contribution >= 0.6 is 0 Å². The fourth-order valence-electron chi connectivity index (χ4n) is 7.09. The van der Waals surface area contributed by atoms with Gasteiger partial charge in [-0.05, 0) is 0 Å². The van der Waals surface area contributed by atoms with Crippen LogP contribution in [-0.2, 0) is 0 Å². The van der Waals surface area contributed by atoms with Gasteiger partial charge in [-0.25, -0.2) is 0 Å². The quantitative estimate of drug-likeness (QED) is 0.221. The van der Waals surface area contributed by atoms with Crippen LogP contribution in [0.25, 0.3) is 0 Å². The molecule has 0 aliphatic rings. The van der Waals surface area contributed by atoms with E-state index < -0.39 is 21.3 Å². The zero-order valence-electron chi connectivity index (χ0n) is 22.3. The van der Waals surface area contributed by atoms with Crippen molar-refractivity contribution in [1.29, 1.82) is 0 Å². The van der Waals surface area contributed by atoms with E-state index in [0.29, 0.717) is 0 Å². The third-order valence-electron chi connectivity index (χ3n) is 6.73. The predicted octanol–water partition coefficient (Wildman–Crippen LogP) is 9.75. The molecule has 0 nitrogen and oxygen atoms in total. The van der Waals surface area contributed by atoms with Gasteiger partial charge >= 0.3 is 185 Å². The Bertz CT molecular complexity index is 318. The standard InChI is InChI=1S/C26H58GeSi/c1-20(2)14-27(15-21(3)4,16-22(5)6)26(13)28(17-23(7)8,18-24(9)10)19-25(11)12/h20-26H,14-19H2,1-13H3. The molecule has 0 amide bonds. The summed E-state index contributed by atoms with van der Waals surface area (Å²) in [4.78, 5) is 0. The van der Waals surface area contributed by atoms with Crippen LogP contribution in [0.3, 0.4) is 0 Å². The van der Waals surface area contributed by atoms with E-state index >= 15 is 0 Å². The van der Waals surface area contributed by atoms with Crippen LogP contribution in [0.2, 0.25) is 38.3 Å². The van der Waals surface area contributed by atoms with Gasteiger partial charge in [0.15, 0.2) is 0 Å². The van der Waals surface area contributed by atoms with Gasteiger partial charge in [0.2, 0.25) is 0 Å². The molecule has 0 N–H and O–H groups in total. The molecule has 0 aliphatic heterocycles. The summed E-state index contributed by atoms with van der Waals surface area (Å²) in [7, 11) is -1.34. The van der Waals surface area contributed by atoms with Crippen LogP contribution in [0.1, 0.15) is 90.0 Å². The number of hydrogen-bond donors (Lipinski definition) is 0. The topological polar surface area (TPSA) is 0 Å². The van der Waals surface area contributed by atoms with Gasteiger partial charge in [-0.1, -0.05) is 0 Å². The molecular weight excluding hydrogens is 413 g/mol. The molecule has 0 aromatic rings. The van der Waals surface area contributed by atoms with Crippen LogP contribution in [0.15, 0.2) is 0 Å². The number of rotatable bonds is 14. The maximum absolute atomic E-state index is 2.83. The van der Waals surface area contributed by atoms with E-state index in [4.69, 9.17) is 0 Å². The van der Waals surface area contributed by atoms with Crippen LogP contribution in [0, 0.1) is 35.5 Å². The molecule has 0 fully saturated rings. The van der Waals surface area contributed by atoms with Gasteiger partial charge in [0.25, 0.3) is 0 Å². The molecule has 0 saturated carbocycles. The van der Waals surface area contributed by atoms with Crippen molar-refractivity contribution in [3.8, 4) is 0 Å². The van der Waals surface area contributed by atoms with Crippen LogP contribution in [0.4, 0.5) is 0 Å². The Balaban J connectivity index is 6.49. The van der Waals surface area contributed by atoms with E-state index in [1.165, 1.54) is 0 Å². The van der Waals surface area contributed by atoms with Crippen LogP contribution in [-0.4, -0.2) is 21.3 Å². The molecule has 0 radical (unpaired) electrons. The second-order valence-corrected chi connectivity index (χ2v) is 29.2. The molecule has 0 heterocycles. The van der Waals surface area contributed by atoms with Gasteiger partial charge in [0, 0.05) is 0 Å². The average Bonchev–Trinajstić information content (AvgIpc) is 2.41. The Morgan fingerprint density at radius 3 is 0.857 bits per heavy atom. The van der Waals surface area contributed by atoms with E-state index in [1.54, 1.807) is 33.9 Å². The van der Waals surface area contributed by atoms with E-state index in [0.717, 1.165) is 39.9 Å². The summed E-state index contributed by atoms with van der Waals surface area (Å²) in [5.41, 5.74) is 0. The summed E-state index contributed by atoms with van der Waals surface area (Å²) in [5.74, 6) is 5.23. The summed E-state index contributed by atoms with van der Waals surface area (Å²) >= 11 is -2.02. The Morgan fingerprint density at radius 1 is 0.429 bits per heavy atom. The first kappa shape index (κ1) is 28.8. The van der Waals surface area contributed by atoms with Crippen molar-refractivity contribution in [1.82, 2.24) is 0 Å². The van der Waals surface area contributed by atoms with Gasteiger partial charge in [-0.15, -0.1) is 0 Å². The average molecular weight is 471 g/mol. The molecule has 0 bridgehead atoms. The molecule has 28 heavy (non-hydrogen) atoms. The third kappa shape index (κ3) is 9.71. The molecule has 1 unspecified atom stereocenters. The molecule has 0 aromatic carbocycles. The first-order valence-corrected chi connectivity index (χ1v) is 21.0. The van der Waals surface area contributed by atoms with Gasteiger partial charge in [-0.2, -0.15) is 0 Å². The van der Waals surface area contributed by atoms with Crippen LogP contribution < -0.4 is 0 Å². The third-order valence-corrected chi connectivity index (χ3v) is 34.6. The molecule has 0 aromatic heterocycles. The van der Waals surface area contributed by atoms with Gasteiger partial charge < -0.3 is 0 Å². The van der Waals surface area contributed by atoms with Gasteiger partial charge in [0.05, 0.1) is 0 Å². The molecule has 170 valence electrons. The van der Waals surface area contributed by atoms with Crippen molar-refractivity contribution < 1.29 is 0 Å². The Kier molecular flexibility index (Phi) is 12.9. The molecule has 0 saturated heterocycles. The minimum absolute atomic E-state index is 0.865. The maximum atomic E-state index is 2.83. The number of hydrogen-bond acceptors (Lipinski definition) is 0. The van der Waals surface area contributed by atoms with E-state index in [9.17, 15) is 0 Å². The van der Waals surface area contributed by atoms with E-state index in [1.807, 2.05) is 0 Å². The van der Waals surface area contributed by atoms with Crippen molar-refractivity contribution in [2.75, 3.05) is 0 Å². The zero-order valence-corrected chi connectivity index (χ0v) is 25.4. The fourth-order valence-corrected chi connectivity index (χ4v) is 40.6. The summed E-state index contributed by atoms with van der Waals surface area (Å²) in [6, 6.07) is 4.73. The fraction of sp³-hybridized carbons (Fsp3) is 1.00. The summed E-state index contributed by atoms with van der Waals surface area (Å²) < 4.78 is 1.10. The van der Waals surface area contributed by atoms with Crippen molar-refractivity contribution >= 4 is 21.3 Å². The second kappa shape index (κ2) is 12.6. The SMILES string of the molecule is CC(C)C[Si](CC(C)C)(CC(C)C)[CH](C)[Ge]([CH2]C(C)C)([CH2]C(C)C)[CH2]C(C)C. The van der Waals surface area contributed by atoms with Gasteiger partial charge in [0.1, 0.15) is 0 Å². The van der Waals surface area contributed by atoms with E-state index in [-0.39, 0.29) is 0 Å². The first-order valence-electron chi connectivity index (χ1n) is 12.7. The Hall–Kier alpha value is 0.760. The molecule has 2 heteroatoms. The van der Waals surface area contributed by atoms with E-state index in [2.05, 4.69) is 90.0 Å². The normalized spacial score (nSPS) is 15.1. The van der Waals surface area contributed by atoms with Crippen LogP contribution in [0.5, 0.6) is 0 Å². The Morgan fingerprint density at radius 2 is 0.679 bits per heavy atom. The van der Waals surface area contributed by atoms with Crippen molar-refractivity contribution in [2.45, 2.75) is 128 Å². The van der Waals surface area contributed by atoms with Gasteiger partial charge in [-0.3, -0.25) is 0 Å². The molecule has 0 spiro atoms. The predicted molar refractivity (Wildman–Crippen MR) is 139 cm³/mol. The first-order chi connectivity index (χ1) is 12.7. The summed E-state index contributed by atoms with van der Waals surface area (Å²) in [6.45, 7) is 33.0. The molecule has 1 atom stereocenters. The monoisotopic (exact) mass is 472 g/mol. The van der Waals surface area contributed by atoms with Crippen molar-refractivity contribution in [3.63, 3.8) is 0 Å².